The minimum atomic E-state index is -0.654. The molecule has 3 rings (SSSR count). The number of aliphatic hydroxyl groups excluding tert-OH is 1. The number of ether oxygens (including phenoxy) is 1. The Morgan fingerprint density at radius 3 is 2.72 bits per heavy atom. The molecule has 1 aromatic heterocycles. The number of carbonyl (C=O) groups is 1. The Hall–Kier alpha value is -2.25. The van der Waals surface area contributed by atoms with Gasteiger partial charge < -0.3 is 19.3 Å². The van der Waals surface area contributed by atoms with Crippen LogP contribution in [0, 0.1) is 11.7 Å². The molecule has 25 heavy (non-hydrogen) atoms. The van der Waals surface area contributed by atoms with Crippen LogP contribution < -0.4 is 0 Å². The molecular formula is C18H21FN2O4. The number of methoxy groups -OCH3 is 1. The van der Waals surface area contributed by atoms with Gasteiger partial charge >= 0.3 is 0 Å². The summed E-state index contributed by atoms with van der Waals surface area (Å²) >= 11 is 0. The van der Waals surface area contributed by atoms with Gasteiger partial charge in [-0.2, -0.15) is 0 Å². The van der Waals surface area contributed by atoms with Crippen LogP contribution in [0.25, 0.3) is 0 Å². The third-order valence-electron chi connectivity index (χ3n) is 4.55. The second kappa shape index (κ2) is 7.76. The fourth-order valence-corrected chi connectivity index (χ4v) is 3.14. The average molecular weight is 348 g/mol. The summed E-state index contributed by atoms with van der Waals surface area (Å²) in [5.74, 6) is 0.0426. The fourth-order valence-electron chi connectivity index (χ4n) is 3.14. The van der Waals surface area contributed by atoms with Crippen molar-refractivity contribution >= 4 is 5.91 Å². The van der Waals surface area contributed by atoms with E-state index in [-0.39, 0.29) is 29.9 Å². The summed E-state index contributed by atoms with van der Waals surface area (Å²) in [5, 5.41) is 14.3. The van der Waals surface area contributed by atoms with Gasteiger partial charge in [0.15, 0.2) is 11.5 Å². The molecule has 1 unspecified atom stereocenters. The molecular weight excluding hydrogens is 327 g/mol. The van der Waals surface area contributed by atoms with Crippen LogP contribution >= 0.6 is 0 Å². The van der Waals surface area contributed by atoms with E-state index in [2.05, 4.69) is 5.16 Å². The van der Waals surface area contributed by atoms with Crippen LogP contribution in [0.15, 0.2) is 34.9 Å². The summed E-state index contributed by atoms with van der Waals surface area (Å²) in [4.78, 5) is 14.2. The first-order valence-electron chi connectivity index (χ1n) is 8.26. The number of likely N-dealkylation sites (tertiary alicyclic amines) is 1. The highest BCUT2D eigenvalue weighted by Gasteiger charge is 2.29. The number of hydrogen-bond donors (Lipinski definition) is 1. The fraction of sp³-hybridized carbons (Fsp3) is 0.444. The van der Waals surface area contributed by atoms with Crippen LogP contribution in [0.5, 0.6) is 0 Å². The smallest absolute Gasteiger partial charge is 0.276 e. The molecule has 1 aromatic carbocycles. The Bertz CT molecular complexity index is 708. The van der Waals surface area contributed by atoms with E-state index in [1.54, 1.807) is 30.2 Å². The first-order valence-corrected chi connectivity index (χ1v) is 8.26. The van der Waals surface area contributed by atoms with E-state index in [1.807, 2.05) is 0 Å². The highest BCUT2D eigenvalue weighted by atomic mass is 19.1. The number of hydrogen-bond acceptors (Lipinski definition) is 5. The van der Waals surface area contributed by atoms with Crippen molar-refractivity contribution in [3.05, 3.63) is 53.2 Å². The van der Waals surface area contributed by atoms with E-state index >= 15 is 0 Å². The van der Waals surface area contributed by atoms with E-state index in [0.717, 1.165) is 0 Å². The lowest BCUT2D eigenvalue weighted by atomic mass is 9.87. The molecule has 1 N–H and O–H groups in total. The Balaban J connectivity index is 1.57. The third kappa shape index (κ3) is 4.05. The topological polar surface area (TPSA) is 75.8 Å². The van der Waals surface area contributed by atoms with Crippen LogP contribution in [-0.2, 0) is 11.3 Å². The zero-order chi connectivity index (χ0) is 17.8. The molecule has 1 amide bonds. The molecule has 6 nitrogen and oxygen atoms in total. The van der Waals surface area contributed by atoms with E-state index in [4.69, 9.17) is 9.26 Å². The van der Waals surface area contributed by atoms with Crippen LogP contribution in [0.4, 0.5) is 4.39 Å². The minimum absolute atomic E-state index is 0.0378. The van der Waals surface area contributed by atoms with Crippen molar-refractivity contribution in [3.8, 4) is 0 Å². The molecule has 2 heterocycles. The zero-order valence-electron chi connectivity index (χ0n) is 14.0. The molecule has 0 spiro atoms. The first-order chi connectivity index (χ1) is 12.1. The first kappa shape index (κ1) is 17.6. The Morgan fingerprint density at radius 2 is 2.08 bits per heavy atom. The molecule has 134 valence electrons. The maximum absolute atomic E-state index is 13.0. The summed E-state index contributed by atoms with van der Waals surface area (Å²) in [6.45, 7) is 1.34. The lowest BCUT2D eigenvalue weighted by molar-refractivity contribution is 0.0455. The number of piperidine rings is 1. The quantitative estimate of drug-likeness (QED) is 0.899. The third-order valence-corrected chi connectivity index (χ3v) is 4.55. The molecule has 0 saturated carbocycles. The number of nitrogens with zero attached hydrogens (tertiary/aromatic N) is 2. The van der Waals surface area contributed by atoms with Gasteiger partial charge in [0, 0.05) is 26.3 Å². The van der Waals surface area contributed by atoms with Gasteiger partial charge in [-0.05, 0) is 36.5 Å². The number of amides is 1. The monoisotopic (exact) mass is 348 g/mol. The molecule has 1 atom stereocenters. The number of carbonyl (C=O) groups excluding carboxylic acids is 1. The predicted molar refractivity (Wildman–Crippen MR) is 87.2 cm³/mol. The Kier molecular flexibility index (Phi) is 5.45. The van der Waals surface area contributed by atoms with Crippen molar-refractivity contribution in [3.63, 3.8) is 0 Å². The van der Waals surface area contributed by atoms with E-state index in [1.165, 1.54) is 12.1 Å². The molecule has 1 saturated heterocycles. The number of benzene rings is 1. The number of aliphatic hydroxyl groups is 1. The van der Waals surface area contributed by atoms with Gasteiger partial charge in [0.05, 0.1) is 6.10 Å². The van der Waals surface area contributed by atoms with E-state index in [9.17, 15) is 14.3 Å². The predicted octanol–water partition coefficient (Wildman–Crippen LogP) is 2.55. The minimum Gasteiger partial charge on any atom is -0.388 e. The van der Waals surface area contributed by atoms with E-state index in [0.29, 0.717) is 37.3 Å². The van der Waals surface area contributed by atoms with Crippen molar-refractivity contribution in [2.75, 3.05) is 20.2 Å². The molecule has 0 aliphatic carbocycles. The zero-order valence-corrected chi connectivity index (χ0v) is 14.0. The Labute approximate surface area is 145 Å². The summed E-state index contributed by atoms with van der Waals surface area (Å²) < 4.78 is 23.0. The van der Waals surface area contributed by atoms with Crippen LogP contribution in [0.3, 0.4) is 0 Å². The maximum Gasteiger partial charge on any atom is 0.276 e. The van der Waals surface area contributed by atoms with Gasteiger partial charge in [0.25, 0.3) is 5.91 Å². The summed E-state index contributed by atoms with van der Waals surface area (Å²) in [7, 11) is 1.54. The normalized spacial score (nSPS) is 16.8. The van der Waals surface area contributed by atoms with Gasteiger partial charge in [0.1, 0.15) is 12.4 Å². The number of halogens is 1. The van der Waals surface area contributed by atoms with Crippen molar-refractivity contribution < 1.29 is 23.6 Å². The van der Waals surface area contributed by atoms with Crippen molar-refractivity contribution in [1.82, 2.24) is 10.1 Å². The van der Waals surface area contributed by atoms with Crippen molar-refractivity contribution in [1.29, 1.82) is 0 Å². The second-order valence-electron chi connectivity index (χ2n) is 6.24. The number of aromatic nitrogens is 1. The van der Waals surface area contributed by atoms with Gasteiger partial charge in [-0.1, -0.05) is 17.3 Å². The lowest BCUT2D eigenvalue weighted by Crippen LogP contribution is -2.39. The van der Waals surface area contributed by atoms with Crippen LogP contribution in [-0.4, -0.2) is 41.3 Å². The van der Waals surface area contributed by atoms with Crippen LogP contribution in [0.1, 0.15) is 40.8 Å². The molecule has 1 fully saturated rings. The Morgan fingerprint density at radius 1 is 1.40 bits per heavy atom. The van der Waals surface area contributed by atoms with Gasteiger partial charge in [0.2, 0.25) is 0 Å². The van der Waals surface area contributed by atoms with Gasteiger partial charge in [-0.3, -0.25) is 4.79 Å². The van der Waals surface area contributed by atoms with Crippen molar-refractivity contribution in [2.24, 2.45) is 5.92 Å². The van der Waals surface area contributed by atoms with Crippen LogP contribution in [0.2, 0.25) is 0 Å². The SMILES string of the molecule is COCc1cc(C(=O)N2CCC(C(O)c3ccc(F)cc3)CC2)no1. The molecule has 2 aromatic rings. The molecule has 1 aliphatic rings. The largest absolute Gasteiger partial charge is 0.388 e. The maximum atomic E-state index is 13.0. The molecule has 0 bridgehead atoms. The lowest BCUT2D eigenvalue weighted by Gasteiger charge is -2.34. The summed E-state index contributed by atoms with van der Waals surface area (Å²) in [5.41, 5.74) is 0.969. The van der Waals surface area contributed by atoms with Gasteiger partial charge in [-0.25, -0.2) is 4.39 Å². The van der Waals surface area contributed by atoms with E-state index < -0.39 is 6.10 Å². The highest BCUT2D eigenvalue weighted by Crippen LogP contribution is 2.31. The standard InChI is InChI=1S/C18H21FN2O4/c1-24-11-15-10-16(20-25-15)18(23)21-8-6-13(7-9-21)17(22)12-2-4-14(19)5-3-12/h2-5,10,13,17,22H,6-9,11H2,1H3. The highest BCUT2D eigenvalue weighted by molar-refractivity contribution is 5.92. The second-order valence-corrected chi connectivity index (χ2v) is 6.24. The average Bonchev–Trinajstić information content (AvgIpc) is 3.10. The van der Waals surface area contributed by atoms with Gasteiger partial charge in [-0.15, -0.1) is 0 Å². The number of rotatable bonds is 5. The molecule has 7 heteroatoms. The summed E-state index contributed by atoms with van der Waals surface area (Å²) in [6.07, 6.45) is 0.693. The van der Waals surface area contributed by atoms with Crippen molar-refractivity contribution in [2.45, 2.75) is 25.6 Å². The molecule has 1 aliphatic heterocycles. The summed E-state index contributed by atoms with van der Waals surface area (Å²) in [6, 6.07) is 7.48. The molecule has 0 radical (unpaired) electrons.